The normalized spacial score (nSPS) is 18.6. The van der Waals surface area contributed by atoms with Crippen molar-refractivity contribution in [3.05, 3.63) is 30.1 Å². The van der Waals surface area contributed by atoms with Crippen molar-refractivity contribution in [3.63, 3.8) is 0 Å². The van der Waals surface area contributed by atoms with Crippen LogP contribution in [0, 0.1) is 0 Å². The molecule has 1 unspecified atom stereocenters. The highest BCUT2D eigenvalue weighted by Crippen LogP contribution is 2.33. The standard InChI is InChI=1S/C12H16N4O/c1-4-16-7(2)9-5-10(8(3)17)14-6-11(9)15-12(16)13/h5-7,17H,3-4H2,1-2H3,(H2,13,15). The molecule has 17 heavy (non-hydrogen) atoms. The van der Waals surface area contributed by atoms with Gasteiger partial charge in [0.25, 0.3) is 0 Å². The van der Waals surface area contributed by atoms with Crippen molar-refractivity contribution in [3.8, 4) is 0 Å². The Labute approximate surface area is 100 Å². The lowest BCUT2D eigenvalue weighted by molar-refractivity contribution is 0.343. The summed E-state index contributed by atoms with van der Waals surface area (Å²) in [5.41, 5.74) is 8.10. The van der Waals surface area contributed by atoms with Crippen molar-refractivity contribution in [2.24, 2.45) is 10.7 Å². The number of hydrogen-bond acceptors (Lipinski definition) is 5. The molecule has 3 N–H and O–H groups in total. The van der Waals surface area contributed by atoms with E-state index >= 15 is 0 Å². The molecule has 2 heterocycles. The number of nitrogens with zero attached hydrogens (tertiary/aromatic N) is 3. The first-order valence-electron chi connectivity index (χ1n) is 5.53. The van der Waals surface area contributed by atoms with E-state index in [1.807, 2.05) is 18.7 Å². The van der Waals surface area contributed by atoms with E-state index in [4.69, 9.17) is 5.73 Å². The topological polar surface area (TPSA) is 74.7 Å². The lowest BCUT2D eigenvalue weighted by atomic mass is 10.0. The molecule has 0 aromatic carbocycles. The van der Waals surface area contributed by atoms with Crippen molar-refractivity contribution in [2.45, 2.75) is 19.9 Å². The van der Waals surface area contributed by atoms with E-state index in [0.717, 1.165) is 17.8 Å². The zero-order valence-electron chi connectivity index (χ0n) is 10.0. The van der Waals surface area contributed by atoms with Gasteiger partial charge in [0.05, 0.1) is 17.9 Å². The molecule has 0 aliphatic carbocycles. The van der Waals surface area contributed by atoms with Gasteiger partial charge in [-0.05, 0) is 19.9 Å². The van der Waals surface area contributed by atoms with Crippen LogP contribution in [0.15, 0.2) is 23.8 Å². The van der Waals surface area contributed by atoms with E-state index in [2.05, 4.69) is 16.6 Å². The summed E-state index contributed by atoms with van der Waals surface area (Å²) in [6, 6.07) is 1.93. The van der Waals surface area contributed by atoms with E-state index in [9.17, 15) is 5.11 Å². The molecule has 5 heteroatoms. The smallest absolute Gasteiger partial charge is 0.197 e. The van der Waals surface area contributed by atoms with Gasteiger partial charge >= 0.3 is 0 Å². The average Bonchev–Trinajstić information content (AvgIpc) is 2.29. The summed E-state index contributed by atoms with van der Waals surface area (Å²) in [6.07, 6.45) is 1.61. The fraction of sp³-hybridized carbons (Fsp3) is 0.333. The highest BCUT2D eigenvalue weighted by molar-refractivity contribution is 5.84. The average molecular weight is 232 g/mol. The molecule has 0 radical (unpaired) electrons. The van der Waals surface area contributed by atoms with Crippen LogP contribution >= 0.6 is 0 Å². The number of fused-ring (bicyclic) bond motifs is 1. The first-order valence-corrected chi connectivity index (χ1v) is 5.53. The van der Waals surface area contributed by atoms with Gasteiger partial charge in [0.2, 0.25) is 0 Å². The quantitative estimate of drug-likeness (QED) is 0.764. The zero-order valence-corrected chi connectivity index (χ0v) is 10.0. The molecule has 0 saturated carbocycles. The number of aliphatic hydroxyl groups excluding tert-OH is 1. The van der Waals surface area contributed by atoms with Crippen LogP contribution in [0.1, 0.15) is 31.1 Å². The number of aliphatic hydroxyl groups is 1. The second kappa shape index (κ2) is 4.08. The van der Waals surface area contributed by atoms with Crippen molar-refractivity contribution >= 4 is 17.4 Å². The van der Waals surface area contributed by atoms with Gasteiger partial charge in [-0.2, -0.15) is 0 Å². The molecule has 0 saturated heterocycles. The van der Waals surface area contributed by atoms with Gasteiger partial charge in [-0.3, -0.25) is 4.98 Å². The van der Waals surface area contributed by atoms with Crippen LogP contribution in [-0.4, -0.2) is 27.5 Å². The Morgan fingerprint density at radius 2 is 2.35 bits per heavy atom. The number of pyridine rings is 1. The molecule has 0 spiro atoms. The monoisotopic (exact) mass is 232 g/mol. The highest BCUT2D eigenvalue weighted by Gasteiger charge is 2.24. The predicted octanol–water partition coefficient (Wildman–Crippen LogP) is 1.95. The Morgan fingerprint density at radius 1 is 1.65 bits per heavy atom. The Bertz CT molecular complexity index is 495. The molecule has 1 atom stereocenters. The minimum absolute atomic E-state index is 0.0365. The van der Waals surface area contributed by atoms with E-state index in [-0.39, 0.29) is 11.8 Å². The van der Waals surface area contributed by atoms with Crippen molar-refractivity contribution in [1.82, 2.24) is 9.88 Å². The highest BCUT2D eigenvalue weighted by atomic mass is 16.3. The molecular formula is C12H16N4O. The summed E-state index contributed by atoms with van der Waals surface area (Å²) in [7, 11) is 0. The largest absolute Gasteiger partial charge is 0.506 e. The predicted molar refractivity (Wildman–Crippen MR) is 68.0 cm³/mol. The van der Waals surface area contributed by atoms with Gasteiger partial charge in [0, 0.05) is 12.1 Å². The summed E-state index contributed by atoms with van der Waals surface area (Å²) < 4.78 is 0. The molecule has 1 aliphatic rings. The third-order valence-corrected chi connectivity index (χ3v) is 3.00. The molecule has 1 aromatic heterocycles. The number of guanidine groups is 1. The Kier molecular flexibility index (Phi) is 2.75. The van der Waals surface area contributed by atoms with Gasteiger partial charge in [-0.15, -0.1) is 0 Å². The van der Waals surface area contributed by atoms with Gasteiger partial charge in [-0.25, -0.2) is 4.99 Å². The minimum Gasteiger partial charge on any atom is -0.506 e. The van der Waals surface area contributed by atoms with Gasteiger partial charge in [0.15, 0.2) is 5.96 Å². The van der Waals surface area contributed by atoms with Crippen LogP contribution in [0.3, 0.4) is 0 Å². The number of nitrogens with two attached hydrogens (primary N) is 1. The fourth-order valence-corrected chi connectivity index (χ4v) is 2.04. The number of aliphatic imine (C=N–C) groups is 1. The zero-order chi connectivity index (χ0) is 12.6. The number of rotatable bonds is 2. The van der Waals surface area contributed by atoms with Crippen LogP contribution in [-0.2, 0) is 0 Å². The minimum atomic E-state index is -0.0365. The molecule has 5 nitrogen and oxygen atoms in total. The van der Waals surface area contributed by atoms with E-state index in [1.165, 1.54) is 0 Å². The Morgan fingerprint density at radius 3 is 2.94 bits per heavy atom. The Balaban J connectivity index is 2.52. The molecule has 90 valence electrons. The van der Waals surface area contributed by atoms with E-state index < -0.39 is 0 Å². The molecule has 1 aliphatic heterocycles. The maximum Gasteiger partial charge on any atom is 0.197 e. The third kappa shape index (κ3) is 1.84. The molecular weight excluding hydrogens is 216 g/mol. The molecule has 2 rings (SSSR count). The lowest BCUT2D eigenvalue weighted by Crippen LogP contribution is -2.40. The molecule has 0 bridgehead atoms. The van der Waals surface area contributed by atoms with E-state index in [0.29, 0.717) is 11.7 Å². The Hall–Kier alpha value is -2.04. The first-order chi connectivity index (χ1) is 8.04. The van der Waals surface area contributed by atoms with Crippen LogP contribution in [0.2, 0.25) is 0 Å². The lowest BCUT2D eigenvalue weighted by Gasteiger charge is -2.33. The summed E-state index contributed by atoms with van der Waals surface area (Å²) >= 11 is 0. The first kappa shape index (κ1) is 11.4. The van der Waals surface area contributed by atoms with Gasteiger partial charge in [0.1, 0.15) is 11.5 Å². The second-order valence-corrected chi connectivity index (χ2v) is 4.01. The molecule has 0 amide bonds. The van der Waals surface area contributed by atoms with Crippen molar-refractivity contribution in [1.29, 1.82) is 0 Å². The van der Waals surface area contributed by atoms with E-state index in [1.54, 1.807) is 12.3 Å². The summed E-state index contributed by atoms with van der Waals surface area (Å²) in [6.45, 7) is 8.33. The second-order valence-electron chi connectivity index (χ2n) is 4.01. The number of hydrogen-bond donors (Lipinski definition) is 2. The fourth-order valence-electron chi connectivity index (χ4n) is 2.04. The van der Waals surface area contributed by atoms with Crippen LogP contribution in [0.5, 0.6) is 0 Å². The molecule has 0 fully saturated rings. The summed E-state index contributed by atoms with van der Waals surface area (Å²) in [5, 5.41) is 9.36. The van der Waals surface area contributed by atoms with Crippen molar-refractivity contribution < 1.29 is 5.11 Å². The van der Waals surface area contributed by atoms with Crippen LogP contribution < -0.4 is 5.73 Å². The summed E-state index contributed by atoms with van der Waals surface area (Å²) in [4.78, 5) is 10.4. The van der Waals surface area contributed by atoms with Gasteiger partial charge in [-0.1, -0.05) is 6.58 Å². The molecule has 1 aromatic rings. The van der Waals surface area contributed by atoms with Crippen molar-refractivity contribution in [2.75, 3.05) is 6.54 Å². The summed E-state index contributed by atoms with van der Waals surface area (Å²) in [5.74, 6) is 0.468. The maximum atomic E-state index is 9.36. The maximum absolute atomic E-state index is 9.36. The van der Waals surface area contributed by atoms with Crippen LogP contribution in [0.4, 0.5) is 5.69 Å². The van der Waals surface area contributed by atoms with Crippen LogP contribution in [0.25, 0.3) is 5.76 Å². The SMILES string of the molecule is C=C(O)c1cc2c(cn1)N=C(N)N(CC)C2C. The van der Waals surface area contributed by atoms with Gasteiger partial charge < -0.3 is 15.7 Å². The number of aromatic nitrogens is 1. The third-order valence-electron chi connectivity index (χ3n) is 3.00.